The molecule has 0 saturated carbocycles. The molecule has 0 aliphatic carbocycles. The largest absolute Gasteiger partial charge is 0.466 e. The van der Waals surface area contributed by atoms with Gasteiger partial charge in [-0.2, -0.15) is 5.26 Å². The Morgan fingerprint density at radius 2 is 1.65 bits per heavy atom. The second-order valence-corrected chi connectivity index (χ2v) is 8.84. The van der Waals surface area contributed by atoms with E-state index in [0.717, 1.165) is 12.8 Å². The van der Waals surface area contributed by atoms with E-state index < -0.39 is 17.9 Å². The maximum absolute atomic E-state index is 13.2. The molecule has 0 aromatic heterocycles. The van der Waals surface area contributed by atoms with Gasteiger partial charge in [0.25, 0.3) is 5.91 Å². The predicted molar refractivity (Wildman–Crippen MR) is 136 cm³/mol. The highest BCUT2D eigenvalue weighted by atomic mass is 16.5. The van der Waals surface area contributed by atoms with Gasteiger partial charge in [-0.25, -0.2) is 9.59 Å². The fourth-order valence-corrected chi connectivity index (χ4v) is 4.91. The van der Waals surface area contributed by atoms with Crippen LogP contribution in [0.2, 0.25) is 0 Å². The van der Waals surface area contributed by atoms with Gasteiger partial charge in [0.05, 0.1) is 43.0 Å². The molecule has 9 nitrogen and oxygen atoms in total. The number of hydrogen-bond acceptors (Lipinski definition) is 8. The smallest absolute Gasteiger partial charge is 0.355 e. The van der Waals surface area contributed by atoms with E-state index in [4.69, 9.17) is 15.2 Å². The number of carbonyl (C=O) groups excluding carboxylic acids is 3. The zero-order valence-electron chi connectivity index (χ0n) is 21.0. The lowest BCUT2D eigenvalue weighted by Gasteiger charge is -2.36. The van der Waals surface area contributed by atoms with Gasteiger partial charge in [-0.1, -0.05) is 30.3 Å². The Hall–Kier alpha value is -4.58. The third-order valence-corrected chi connectivity index (χ3v) is 6.69. The first kappa shape index (κ1) is 25.5. The Kier molecular flexibility index (Phi) is 7.30. The van der Waals surface area contributed by atoms with Gasteiger partial charge in [0.2, 0.25) is 0 Å². The number of anilines is 1. The summed E-state index contributed by atoms with van der Waals surface area (Å²) >= 11 is 0. The highest BCUT2D eigenvalue weighted by Gasteiger charge is 2.43. The average molecular weight is 501 g/mol. The van der Waals surface area contributed by atoms with Crippen LogP contribution in [0.25, 0.3) is 0 Å². The number of esters is 2. The molecule has 1 fully saturated rings. The van der Waals surface area contributed by atoms with Crippen molar-refractivity contribution in [3.8, 4) is 6.07 Å². The zero-order chi connectivity index (χ0) is 26.7. The van der Waals surface area contributed by atoms with Crippen LogP contribution in [0.1, 0.15) is 40.2 Å². The van der Waals surface area contributed by atoms with Crippen LogP contribution >= 0.6 is 0 Å². The number of likely N-dealkylation sites (tertiary alicyclic amines) is 1. The second-order valence-electron chi connectivity index (χ2n) is 8.84. The first-order chi connectivity index (χ1) is 17.8. The number of methoxy groups -OCH3 is 2. The summed E-state index contributed by atoms with van der Waals surface area (Å²) in [5, 5.41) is 10.2. The average Bonchev–Trinajstić information content (AvgIpc) is 3.47. The summed E-state index contributed by atoms with van der Waals surface area (Å²) < 4.78 is 10.1. The molecule has 2 aliphatic heterocycles. The summed E-state index contributed by atoms with van der Waals surface area (Å²) in [5.74, 6) is -2.66. The maximum atomic E-state index is 13.2. The number of ether oxygens (including phenoxy) is 2. The van der Waals surface area contributed by atoms with Gasteiger partial charge in [0.15, 0.2) is 0 Å². The summed E-state index contributed by atoms with van der Waals surface area (Å²) in [6, 6.07) is 16.0. The Morgan fingerprint density at radius 1 is 1.00 bits per heavy atom. The maximum Gasteiger partial charge on any atom is 0.355 e. The minimum atomic E-state index is -0.944. The van der Waals surface area contributed by atoms with Gasteiger partial charge in [-0.3, -0.25) is 9.69 Å². The molecule has 0 bridgehead atoms. The second kappa shape index (κ2) is 10.6. The van der Waals surface area contributed by atoms with Crippen molar-refractivity contribution in [1.29, 1.82) is 5.26 Å². The van der Waals surface area contributed by atoms with Gasteiger partial charge < -0.3 is 20.1 Å². The third kappa shape index (κ3) is 4.54. The van der Waals surface area contributed by atoms with Crippen molar-refractivity contribution in [2.45, 2.75) is 25.7 Å². The molecule has 37 heavy (non-hydrogen) atoms. The number of aryl methyl sites for hydroxylation is 1. The number of carbonyl (C=O) groups is 3. The number of nitrogens with two attached hydrogens (primary N) is 1. The summed E-state index contributed by atoms with van der Waals surface area (Å²) in [4.78, 5) is 42.5. The number of benzene rings is 2. The fraction of sp³-hybridized carbons (Fsp3) is 0.286. The molecule has 2 aromatic carbocycles. The van der Waals surface area contributed by atoms with Gasteiger partial charge in [0, 0.05) is 18.7 Å². The van der Waals surface area contributed by atoms with Crippen LogP contribution in [0.15, 0.2) is 71.2 Å². The molecule has 4 rings (SSSR count). The SMILES string of the molecule is COC(=O)C1=C(C(=O)OC)N(c2ccc(C(=O)N3CCCC3)cc2C)C(N)=C(C#N)C1c1ccccc1. The number of rotatable bonds is 5. The topological polar surface area (TPSA) is 126 Å². The highest BCUT2D eigenvalue weighted by molar-refractivity contribution is 6.06. The van der Waals surface area contributed by atoms with Crippen LogP contribution in [-0.4, -0.2) is 50.1 Å². The Labute approximate surface area is 215 Å². The van der Waals surface area contributed by atoms with Crippen LogP contribution < -0.4 is 10.6 Å². The molecule has 2 heterocycles. The molecule has 2 N–H and O–H groups in total. The van der Waals surface area contributed by atoms with Crippen molar-refractivity contribution in [1.82, 2.24) is 4.90 Å². The van der Waals surface area contributed by atoms with Gasteiger partial charge in [0.1, 0.15) is 11.5 Å². The van der Waals surface area contributed by atoms with E-state index in [0.29, 0.717) is 35.5 Å². The van der Waals surface area contributed by atoms with Gasteiger partial charge in [-0.15, -0.1) is 0 Å². The molecule has 0 radical (unpaired) electrons. The van der Waals surface area contributed by atoms with E-state index in [1.807, 2.05) is 0 Å². The van der Waals surface area contributed by atoms with E-state index in [9.17, 15) is 19.6 Å². The summed E-state index contributed by atoms with van der Waals surface area (Å²) in [6.45, 7) is 3.20. The van der Waals surface area contributed by atoms with E-state index in [-0.39, 0.29) is 28.6 Å². The van der Waals surface area contributed by atoms with E-state index >= 15 is 0 Å². The molecule has 1 amide bonds. The minimum absolute atomic E-state index is 0.0221. The van der Waals surface area contributed by atoms with Gasteiger partial charge >= 0.3 is 11.9 Å². The number of hydrogen-bond donors (Lipinski definition) is 1. The highest BCUT2D eigenvalue weighted by Crippen LogP contribution is 2.43. The number of nitriles is 1. The standard InChI is InChI=1S/C28H28N4O5/c1-17-15-19(26(33)31-13-7-8-14-31)11-12-21(17)32-24(28(35)37-3)23(27(34)36-2)22(20(16-29)25(32)30)18-9-5-4-6-10-18/h4-6,9-12,15,22H,7-8,13-14,30H2,1-3H3. The fourth-order valence-electron chi connectivity index (χ4n) is 4.91. The third-order valence-electron chi connectivity index (χ3n) is 6.69. The molecule has 9 heteroatoms. The predicted octanol–water partition coefficient (Wildman–Crippen LogP) is 3.13. The van der Waals surface area contributed by atoms with Crippen LogP contribution in [-0.2, 0) is 19.1 Å². The molecule has 1 atom stereocenters. The molecule has 190 valence electrons. The van der Waals surface area contributed by atoms with Crippen molar-refractivity contribution in [3.05, 3.63) is 87.9 Å². The van der Waals surface area contributed by atoms with Crippen LogP contribution in [0.5, 0.6) is 0 Å². The molecular formula is C28H28N4O5. The number of amides is 1. The summed E-state index contributed by atoms with van der Waals surface area (Å²) in [6.07, 6.45) is 1.95. The lowest BCUT2D eigenvalue weighted by atomic mass is 9.80. The number of allylic oxidation sites excluding steroid dienone is 1. The quantitative estimate of drug-likeness (QED) is 0.621. The van der Waals surface area contributed by atoms with Crippen LogP contribution in [0, 0.1) is 18.3 Å². The molecule has 1 unspecified atom stereocenters. The molecule has 0 spiro atoms. The molecular weight excluding hydrogens is 472 g/mol. The van der Waals surface area contributed by atoms with E-state index in [2.05, 4.69) is 6.07 Å². The first-order valence-corrected chi connectivity index (χ1v) is 11.9. The van der Waals surface area contributed by atoms with Gasteiger partial charge in [-0.05, 0) is 49.1 Å². The van der Waals surface area contributed by atoms with Crippen molar-refractivity contribution in [3.63, 3.8) is 0 Å². The van der Waals surface area contributed by atoms with Crippen molar-refractivity contribution in [2.75, 3.05) is 32.2 Å². The summed E-state index contributed by atoms with van der Waals surface area (Å²) in [5.41, 5.74) is 8.56. The zero-order valence-corrected chi connectivity index (χ0v) is 21.0. The summed E-state index contributed by atoms with van der Waals surface area (Å²) in [7, 11) is 2.40. The Morgan fingerprint density at radius 3 is 2.22 bits per heavy atom. The Bertz CT molecular complexity index is 1350. The molecule has 2 aromatic rings. The van der Waals surface area contributed by atoms with Crippen molar-refractivity contribution in [2.24, 2.45) is 5.73 Å². The minimum Gasteiger partial charge on any atom is -0.466 e. The van der Waals surface area contributed by atoms with Crippen LogP contribution in [0.3, 0.4) is 0 Å². The molecule has 1 saturated heterocycles. The lowest BCUT2D eigenvalue weighted by Crippen LogP contribution is -2.41. The first-order valence-electron chi connectivity index (χ1n) is 11.9. The van der Waals surface area contributed by atoms with E-state index in [1.54, 1.807) is 60.4 Å². The normalized spacial score (nSPS) is 17.5. The lowest BCUT2D eigenvalue weighted by molar-refractivity contribution is -0.139. The van der Waals surface area contributed by atoms with Crippen molar-refractivity contribution < 1.29 is 23.9 Å². The van der Waals surface area contributed by atoms with Crippen molar-refractivity contribution >= 4 is 23.5 Å². The Balaban J connectivity index is 1.94. The molecule has 2 aliphatic rings. The van der Waals surface area contributed by atoms with Crippen LogP contribution in [0.4, 0.5) is 5.69 Å². The monoisotopic (exact) mass is 500 g/mol. The number of nitrogens with zero attached hydrogens (tertiary/aromatic N) is 3. The van der Waals surface area contributed by atoms with E-state index in [1.165, 1.54) is 19.1 Å².